The Morgan fingerprint density at radius 1 is 1.26 bits per heavy atom. The molecule has 0 atom stereocenters. The maximum atomic E-state index is 5.86. The van der Waals surface area contributed by atoms with Crippen LogP contribution in [0.5, 0.6) is 5.75 Å². The number of aryl methyl sites for hydroxylation is 3. The number of anilines is 1. The Kier molecular flexibility index (Phi) is 4.10. The molecule has 1 aromatic heterocycles. The lowest BCUT2D eigenvalue weighted by Crippen LogP contribution is -2.06. The molecule has 102 valence electrons. The molecule has 0 radical (unpaired) electrons. The Morgan fingerprint density at radius 3 is 2.74 bits per heavy atom. The maximum Gasteiger partial charge on any atom is 0.130 e. The van der Waals surface area contributed by atoms with Gasteiger partial charge in [0.2, 0.25) is 0 Å². The molecule has 4 nitrogen and oxygen atoms in total. The summed E-state index contributed by atoms with van der Waals surface area (Å²) in [5, 5.41) is 4.51. The molecule has 0 spiro atoms. The van der Waals surface area contributed by atoms with E-state index in [1.54, 1.807) is 0 Å². The summed E-state index contributed by atoms with van der Waals surface area (Å²) < 4.78 is 7.85. The Hall–Kier alpha value is -1.97. The molecular weight excluding hydrogens is 238 g/mol. The van der Waals surface area contributed by atoms with Crippen LogP contribution in [0.3, 0.4) is 0 Å². The average molecular weight is 259 g/mol. The molecule has 0 saturated heterocycles. The van der Waals surface area contributed by atoms with E-state index in [-0.39, 0.29) is 0 Å². The second kappa shape index (κ2) is 5.78. The molecule has 0 fully saturated rings. The van der Waals surface area contributed by atoms with Crippen molar-refractivity contribution in [1.29, 1.82) is 0 Å². The Bertz CT molecular complexity index is 561. The third-order valence-corrected chi connectivity index (χ3v) is 3.16. The van der Waals surface area contributed by atoms with Gasteiger partial charge in [0.1, 0.15) is 12.4 Å². The van der Waals surface area contributed by atoms with Gasteiger partial charge in [-0.05, 0) is 38.0 Å². The molecule has 4 heteroatoms. The summed E-state index contributed by atoms with van der Waals surface area (Å²) in [6.07, 6.45) is 0.942. The van der Waals surface area contributed by atoms with E-state index in [0.717, 1.165) is 41.4 Å². The fourth-order valence-corrected chi connectivity index (χ4v) is 2.00. The van der Waals surface area contributed by atoms with Gasteiger partial charge in [-0.3, -0.25) is 4.68 Å². The van der Waals surface area contributed by atoms with Gasteiger partial charge in [-0.25, -0.2) is 0 Å². The van der Waals surface area contributed by atoms with Crippen molar-refractivity contribution in [2.45, 2.75) is 40.3 Å². The fraction of sp³-hybridized carbons (Fsp3) is 0.400. The maximum absolute atomic E-state index is 5.86. The Morgan fingerprint density at radius 2 is 2.05 bits per heavy atom. The number of rotatable bonds is 5. The van der Waals surface area contributed by atoms with E-state index in [1.807, 2.05) is 29.8 Å². The molecule has 0 aliphatic heterocycles. The molecule has 0 saturated carbocycles. The summed E-state index contributed by atoms with van der Waals surface area (Å²) in [7, 11) is 0. The molecular formula is C15H21N3O. The van der Waals surface area contributed by atoms with E-state index in [1.165, 1.54) is 0 Å². The number of benzene rings is 1. The van der Waals surface area contributed by atoms with Crippen LogP contribution in [-0.4, -0.2) is 9.78 Å². The first-order chi connectivity index (χ1) is 9.13. The third-order valence-electron chi connectivity index (χ3n) is 3.16. The van der Waals surface area contributed by atoms with Crippen molar-refractivity contribution in [2.75, 3.05) is 5.73 Å². The number of nitrogens with two attached hydrogens (primary N) is 1. The first-order valence-corrected chi connectivity index (χ1v) is 6.68. The SMILES string of the molecule is CCc1cc(COc2cc(N)ccc2C)n(CC)n1. The zero-order chi connectivity index (χ0) is 13.8. The smallest absolute Gasteiger partial charge is 0.130 e. The zero-order valence-corrected chi connectivity index (χ0v) is 11.8. The molecule has 1 heterocycles. The summed E-state index contributed by atoms with van der Waals surface area (Å²) in [6, 6.07) is 7.82. The molecule has 0 aliphatic rings. The van der Waals surface area contributed by atoms with Gasteiger partial charge in [0, 0.05) is 18.3 Å². The van der Waals surface area contributed by atoms with Gasteiger partial charge < -0.3 is 10.5 Å². The van der Waals surface area contributed by atoms with Crippen molar-refractivity contribution in [3.05, 3.63) is 41.2 Å². The van der Waals surface area contributed by atoms with E-state index >= 15 is 0 Å². The van der Waals surface area contributed by atoms with Gasteiger partial charge in [0.15, 0.2) is 0 Å². The molecule has 0 aliphatic carbocycles. The van der Waals surface area contributed by atoms with Crippen molar-refractivity contribution in [3.8, 4) is 5.75 Å². The quantitative estimate of drug-likeness (QED) is 0.840. The predicted octanol–water partition coefficient (Wildman–Crippen LogP) is 2.94. The average Bonchev–Trinajstić information content (AvgIpc) is 2.82. The first-order valence-electron chi connectivity index (χ1n) is 6.68. The molecule has 0 unspecified atom stereocenters. The largest absolute Gasteiger partial charge is 0.487 e. The molecule has 1 aromatic carbocycles. The normalized spacial score (nSPS) is 10.7. The summed E-state index contributed by atoms with van der Waals surface area (Å²) in [5.41, 5.74) is 9.79. The number of hydrogen-bond donors (Lipinski definition) is 1. The second-order valence-corrected chi connectivity index (χ2v) is 4.61. The van der Waals surface area contributed by atoms with Crippen molar-refractivity contribution in [1.82, 2.24) is 9.78 Å². The topological polar surface area (TPSA) is 53.1 Å². The lowest BCUT2D eigenvalue weighted by Gasteiger charge is -2.10. The highest BCUT2D eigenvalue weighted by molar-refractivity contribution is 5.47. The highest BCUT2D eigenvalue weighted by Gasteiger charge is 2.07. The lowest BCUT2D eigenvalue weighted by atomic mass is 10.2. The van der Waals surface area contributed by atoms with E-state index in [2.05, 4.69) is 25.0 Å². The van der Waals surface area contributed by atoms with E-state index in [4.69, 9.17) is 10.5 Å². The van der Waals surface area contributed by atoms with Crippen molar-refractivity contribution < 1.29 is 4.74 Å². The van der Waals surface area contributed by atoms with Gasteiger partial charge >= 0.3 is 0 Å². The van der Waals surface area contributed by atoms with Crippen LogP contribution >= 0.6 is 0 Å². The van der Waals surface area contributed by atoms with Crippen LogP contribution in [0.4, 0.5) is 5.69 Å². The summed E-state index contributed by atoms with van der Waals surface area (Å²) in [4.78, 5) is 0. The molecule has 0 amide bonds. The zero-order valence-electron chi connectivity index (χ0n) is 11.8. The third kappa shape index (κ3) is 3.08. The monoisotopic (exact) mass is 259 g/mol. The minimum Gasteiger partial charge on any atom is -0.487 e. The van der Waals surface area contributed by atoms with Gasteiger partial charge in [-0.1, -0.05) is 13.0 Å². The van der Waals surface area contributed by atoms with E-state index < -0.39 is 0 Å². The highest BCUT2D eigenvalue weighted by Crippen LogP contribution is 2.22. The number of ether oxygens (including phenoxy) is 1. The highest BCUT2D eigenvalue weighted by atomic mass is 16.5. The van der Waals surface area contributed by atoms with Crippen molar-refractivity contribution >= 4 is 5.69 Å². The standard InChI is InChI=1S/C15H21N3O/c1-4-13-9-14(18(5-2)17-13)10-19-15-8-12(16)7-6-11(15)3/h6-9H,4-5,10,16H2,1-3H3. The Balaban J connectivity index is 2.13. The van der Waals surface area contributed by atoms with Gasteiger partial charge in [0.25, 0.3) is 0 Å². The number of nitrogen functional groups attached to an aromatic ring is 1. The number of aromatic nitrogens is 2. The van der Waals surface area contributed by atoms with Crippen LogP contribution in [0.1, 0.15) is 30.8 Å². The van der Waals surface area contributed by atoms with Crippen LogP contribution in [0.25, 0.3) is 0 Å². The van der Waals surface area contributed by atoms with Crippen molar-refractivity contribution in [2.24, 2.45) is 0 Å². The number of hydrogen-bond acceptors (Lipinski definition) is 3. The van der Waals surface area contributed by atoms with Crippen LogP contribution in [-0.2, 0) is 19.6 Å². The lowest BCUT2D eigenvalue weighted by molar-refractivity contribution is 0.290. The first kappa shape index (κ1) is 13.5. The second-order valence-electron chi connectivity index (χ2n) is 4.61. The minimum atomic E-state index is 0.519. The minimum absolute atomic E-state index is 0.519. The molecule has 0 bridgehead atoms. The van der Waals surface area contributed by atoms with E-state index in [9.17, 15) is 0 Å². The van der Waals surface area contributed by atoms with Gasteiger partial charge in [0.05, 0.1) is 11.4 Å². The molecule has 2 N–H and O–H groups in total. The molecule has 2 rings (SSSR count). The Labute approximate surface area is 114 Å². The van der Waals surface area contributed by atoms with Crippen LogP contribution in [0.15, 0.2) is 24.3 Å². The fourth-order valence-electron chi connectivity index (χ4n) is 2.00. The van der Waals surface area contributed by atoms with Gasteiger partial charge in [-0.15, -0.1) is 0 Å². The number of nitrogens with zero attached hydrogens (tertiary/aromatic N) is 2. The van der Waals surface area contributed by atoms with Crippen molar-refractivity contribution in [3.63, 3.8) is 0 Å². The van der Waals surface area contributed by atoms with Crippen LogP contribution in [0.2, 0.25) is 0 Å². The van der Waals surface area contributed by atoms with E-state index in [0.29, 0.717) is 6.61 Å². The predicted molar refractivity (Wildman–Crippen MR) is 77.2 cm³/mol. The van der Waals surface area contributed by atoms with Crippen LogP contribution < -0.4 is 10.5 Å². The van der Waals surface area contributed by atoms with Crippen LogP contribution in [0, 0.1) is 6.92 Å². The molecule has 2 aromatic rings. The summed E-state index contributed by atoms with van der Waals surface area (Å²) >= 11 is 0. The van der Waals surface area contributed by atoms with Gasteiger partial charge in [-0.2, -0.15) is 5.10 Å². The summed E-state index contributed by atoms with van der Waals surface area (Å²) in [5.74, 6) is 0.835. The summed E-state index contributed by atoms with van der Waals surface area (Å²) in [6.45, 7) is 7.58. The molecule has 19 heavy (non-hydrogen) atoms.